The maximum atomic E-state index is 14.3. The highest BCUT2D eigenvalue weighted by Crippen LogP contribution is 2.21. The third kappa shape index (κ3) is 4.83. The van der Waals surface area contributed by atoms with Crippen molar-refractivity contribution >= 4 is 54.8 Å². The maximum absolute atomic E-state index is 14.3. The number of sulfonamides is 1. The molecule has 10 heteroatoms. The Bertz CT molecular complexity index is 1580. The van der Waals surface area contributed by atoms with Gasteiger partial charge in [-0.1, -0.05) is 41.0 Å². The van der Waals surface area contributed by atoms with E-state index in [0.29, 0.717) is 9.72 Å². The topological polar surface area (TPSA) is 80.5 Å². The van der Waals surface area contributed by atoms with Gasteiger partial charge in [-0.3, -0.25) is 9.52 Å². The lowest BCUT2D eigenvalue weighted by atomic mass is 10.2. The number of nitrogens with one attached hydrogen (secondary N) is 1. The summed E-state index contributed by atoms with van der Waals surface area (Å²) < 4.78 is 44.1. The van der Waals surface area contributed by atoms with Gasteiger partial charge in [0.25, 0.3) is 15.9 Å². The number of carbonyl (C=O) groups is 1. The molecule has 0 aliphatic rings. The molecule has 0 aliphatic carbocycles. The van der Waals surface area contributed by atoms with Gasteiger partial charge in [-0.25, -0.2) is 12.8 Å². The van der Waals surface area contributed by atoms with Gasteiger partial charge in [-0.05, 0) is 54.6 Å². The number of halogens is 2. The molecule has 0 spiro atoms. The molecule has 1 heterocycles. The first kappa shape index (κ1) is 22.7. The molecule has 4 aromatic rings. The lowest BCUT2D eigenvalue weighted by molar-refractivity contribution is 0.0998. The number of thiazole rings is 1. The second kappa shape index (κ2) is 9.19. The standard InChI is InChI=1S/C23H15ClFN3O3S2/c1-2-13-28-21-19(25)7-4-8-20(21)32-23(28)26-22(29)15-5-3-6-17(14-15)27-33(30,31)18-11-9-16(24)10-12-18/h1,3-12,14,27H,13H2. The zero-order valence-electron chi connectivity index (χ0n) is 16.8. The first-order valence-electron chi connectivity index (χ1n) is 9.47. The molecule has 3 aromatic carbocycles. The molecule has 0 aliphatic heterocycles. The molecule has 6 nitrogen and oxygen atoms in total. The van der Waals surface area contributed by atoms with Crippen molar-refractivity contribution in [3.05, 3.63) is 87.9 Å². The van der Waals surface area contributed by atoms with Crippen LogP contribution < -0.4 is 9.52 Å². The van der Waals surface area contributed by atoms with Gasteiger partial charge in [0.05, 0.1) is 21.7 Å². The number of fused-ring (bicyclic) bond motifs is 1. The zero-order valence-corrected chi connectivity index (χ0v) is 19.2. The summed E-state index contributed by atoms with van der Waals surface area (Å²) in [6.07, 6.45) is 5.42. The van der Waals surface area contributed by atoms with Crippen molar-refractivity contribution in [1.82, 2.24) is 4.57 Å². The number of hydrogen-bond donors (Lipinski definition) is 1. The second-order valence-corrected chi connectivity index (χ2v) is 9.95. The highest BCUT2D eigenvalue weighted by Gasteiger charge is 2.16. The third-order valence-electron chi connectivity index (χ3n) is 4.58. The van der Waals surface area contributed by atoms with Crippen molar-refractivity contribution in [3.8, 4) is 12.3 Å². The number of carbonyl (C=O) groups excluding carboxylic acids is 1. The highest BCUT2D eigenvalue weighted by atomic mass is 35.5. The van der Waals surface area contributed by atoms with Gasteiger partial charge < -0.3 is 4.57 Å². The van der Waals surface area contributed by atoms with Crippen LogP contribution in [0.4, 0.5) is 10.1 Å². The van der Waals surface area contributed by atoms with E-state index in [9.17, 15) is 17.6 Å². The third-order valence-corrected chi connectivity index (χ3v) is 7.28. The highest BCUT2D eigenvalue weighted by molar-refractivity contribution is 7.92. The number of nitrogens with zero attached hydrogens (tertiary/aromatic N) is 2. The number of terminal acetylenes is 1. The first-order valence-corrected chi connectivity index (χ1v) is 12.1. The van der Waals surface area contributed by atoms with Crippen LogP contribution in [0, 0.1) is 18.2 Å². The van der Waals surface area contributed by atoms with Crippen molar-refractivity contribution in [1.29, 1.82) is 0 Å². The fourth-order valence-corrected chi connectivity index (χ4v) is 5.32. The minimum atomic E-state index is -3.88. The van der Waals surface area contributed by atoms with Gasteiger partial charge >= 0.3 is 0 Å². The van der Waals surface area contributed by atoms with Crippen molar-refractivity contribution in [2.75, 3.05) is 4.72 Å². The van der Waals surface area contributed by atoms with E-state index in [2.05, 4.69) is 15.6 Å². The van der Waals surface area contributed by atoms with Crippen LogP contribution in [-0.2, 0) is 16.6 Å². The van der Waals surface area contributed by atoms with E-state index in [1.807, 2.05) is 0 Å². The SMILES string of the molecule is C#CCn1c(=NC(=O)c2cccc(NS(=O)(=O)c3ccc(Cl)cc3)c2)sc2cccc(F)c21. The number of aromatic nitrogens is 1. The summed E-state index contributed by atoms with van der Waals surface area (Å²) in [7, 11) is -3.88. The average Bonchev–Trinajstić information content (AvgIpc) is 3.12. The van der Waals surface area contributed by atoms with Crippen molar-refractivity contribution < 1.29 is 17.6 Å². The normalized spacial score (nSPS) is 12.0. The number of hydrogen-bond acceptors (Lipinski definition) is 4. The second-order valence-electron chi connectivity index (χ2n) is 6.82. The van der Waals surface area contributed by atoms with Crippen molar-refractivity contribution in [2.24, 2.45) is 4.99 Å². The van der Waals surface area contributed by atoms with E-state index in [1.165, 1.54) is 59.2 Å². The van der Waals surface area contributed by atoms with E-state index in [4.69, 9.17) is 18.0 Å². The maximum Gasteiger partial charge on any atom is 0.279 e. The Morgan fingerprint density at radius 1 is 1.15 bits per heavy atom. The number of anilines is 1. The van der Waals surface area contributed by atoms with Crippen LogP contribution in [-0.4, -0.2) is 18.9 Å². The molecule has 1 N–H and O–H groups in total. The van der Waals surface area contributed by atoms with Crippen molar-refractivity contribution in [3.63, 3.8) is 0 Å². The Balaban J connectivity index is 1.68. The summed E-state index contributed by atoms with van der Waals surface area (Å²) in [5.41, 5.74) is 0.609. The molecule has 0 radical (unpaired) electrons. The lowest BCUT2D eigenvalue weighted by Crippen LogP contribution is -2.17. The van der Waals surface area contributed by atoms with Crippen LogP contribution in [0.2, 0.25) is 5.02 Å². The number of benzene rings is 3. The molecule has 1 aromatic heterocycles. The fraction of sp³-hybridized carbons (Fsp3) is 0.0435. The van der Waals surface area contributed by atoms with Crippen molar-refractivity contribution in [2.45, 2.75) is 11.4 Å². The molecular formula is C23H15ClFN3O3S2. The molecule has 0 fully saturated rings. The van der Waals surface area contributed by atoms with Crippen LogP contribution in [0.15, 0.2) is 76.6 Å². The average molecular weight is 500 g/mol. The van der Waals surface area contributed by atoms with Crippen LogP contribution in [0.25, 0.3) is 10.2 Å². The van der Waals surface area contributed by atoms with Gasteiger partial charge in [-0.15, -0.1) is 6.42 Å². The molecule has 0 bridgehead atoms. The lowest BCUT2D eigenvalue weighted by Gasteiger charge is -2.09. The zero-order chi connectivity index (χ0) is 23.6. The van der Waals surface area contributed by atoms with Gasteiger partial charge in [0, 0.05) is 16.3 Å². The fourth-order valence-electron chi connectivity index (χ4n) is 3.11. The summed E-state index contributed by atoms with van der Waals surface area (Å²) in [5.74, 6) is 1.35. The van der Waals surface area contributed by atoms with Crippen LogP contribution in [0.5, 0.6) is 0 Å². The first-order chi connectivity index (χ1) is 15.8. The van der Waals surface area contributed by atoms with Gasteiger partial charge in [0.1, 0.15) is 5.82 Å². The number of para-hydroxylation sites is 1. The molecule has 33 heavy (non-hydrogen) atoms. The number of amides is 1. The van der Waals surface area contributed by atoms with Gasteiger partial charge in [0.15, 0.2) is 4.80 Å². The van der Waals surface area contributed by atoms with E-state index in [1.54, 1.807) is 12.1 Å². The molecule has 0 unspecified atom stereocenters. The van der Waals surface area contributed by atoms with E-state index in [0.717, 1.165) is 11.3 Å². The quantitative estimate of drug-likeness (QED) is 0.405. The summed E-state index contributed by atoms with van der Waals surface area (Å²) in [4.78, 5) is 17.2. The van der Waals surface area contributed by atoms with Crippen LogP contribution >= 0.6 is 22.9 Å². The molecule has 4 rings (SSSR count). The van der Waals surface area contributed by atoms with E-state index < -0.39 is 21.7 Å². The van der Waals surface area contributed by atoms with Crippen LogP contribution in [0.3, 0.4) is 0 Å². The Hall–Kier alpha value is -3.45. The molecule has 0 saturated heterocycles. The summed E-state index contributed by atoms with van der Waals surface area (Å²) >= 11 is 6.94. The van der Waals surface area contributed by atoms with Gasteiger partial charge in [-0.2, -0.15) is 4.99 Å². The Morgan fingerprint density at radius 3 is 2.61 bits per heavy atom. The van der Waals surface area contributed by atoms with E-state index >= 15 is 0 Å². The Kier molecular flexibility index (Phi) is 6.33. The Morgan fingerprint density at radius 2 is 1.88 bits per heavy atom. The molecule has 1 amide bonds. The summed E-state index contributed by atoms with van der Waals surface area (Å²) in [5, 5.41) is 0.409. The minimum absolute atomic E-state index is 0.0240. The Labute approximate surface area is 198 Å². The predicted molar refractivity (Wildman–Crippen MR) is 127 cm³/mol. The van der Waals surface area contributed by atoms with E-state index in [-0.39, 0.29) is 33.0 Å². The molecule has 0 saturated carbocycles. The molecule has 0 atom stereocenters. The monoisotopic (exact) mass is 499 g/mol. The summed E-state index contributed by atoms with van der Waals surface area (Å²) in [6.45, 7) is 0.0357. The molecular weight excluding hydrogens is 485 g/mol. The van der Waals surface area contributed by atoms with Crippen LogP contribution in [0.1, 0.15) is 10.4 Å². The minimum Gasteiger partial charge on any atom is -0.302 e. The molecule has 166 valence electrons. The summed E-state index contributed by atoms with van der Waals surface area (Å²) in [6, 6.07) is 16.2. The predicted octanol–water partition coefficient (Wildman–Crippen LogP) is 4.67. The van der Waals surface area contributed by atoms with Gasteiger partial charge in [0.2, 0.25) is 0 Å². The largest absolute Gasteiger partial charge is 0.302 e. The smallest absolute Gasteiger partial charge is 0.279 e. The number of rotatable bonds is 5.